The number of pyridine rings is 1. The Morgan fingerprint density at radius 1 is 1.44 bits per heavy atom. The largest absolute Gasteiger partial charge is 0.314 e. The summed E-state index contributed by atoms with van der Waals surface area (Å²) in [6, 6.07) is 4.89. The summed E-state index contributed by atoms with van der Waals surface area (Å²) >= 11 is 0. The van der Waals surface area contributed by atoms with E-state index in [1.807, 2.05) is 18.5 Å². The number of aromatic nitrogens is 1. The van der Waals surface area contributed by atoms with E-state index in [-0.39, 0.29) is 0 Å². The Kier molecular flexibility index (Phi) is 5.14. The molecule has 0 amide bonds. The van der Waals surface area contributed by atoms with E-state index in [1.165, 1.54) is 31.4 Å². The van der Waals surface area contributed by atoms with E-state index < -0.39 is 0 Å². The molecule has 0 radical (unpaired) electrons. The Balaban J connectivity index is 1.81. The Bertz CT molecular complexity index is 339. The third kappa shape index (κ3) is 3.79. The second-order valence-corrected chi connectivity index (χ2v) is 5.41. The summed E-state index contributed by atoms with van der Waals surface area (Å²) in [7, 11) is 2.22. The highest BCUT2D eigenvalue weighted by Gasteiger charge is 2.27. The van der Waals surface area contributed by atoms with Crippen molar-refractivity contribution in [2.75, 3.05) is 20.1 Å². The van der Waals surface area contributed by atoms with Crippen molar-refractivity contribution < 1.29 is 0 Å². The van der Waals surface area contributed by atoms with Gasteiger partial charge in [0.25, 0.3) is 0 Å². The van der Waals surface area contributed by atoms with Crippen LogP contribution in [0.25, 0.3) is 0 Å². The monoisotopic (exact) mass is 247 g/mol. The molecule has 1 aliphatic carbocycles. The lowest BCUT2D eigenvalue weighted by atomic mass is 10.0. The molecule has 2 atom stereocenters. The van der Waals surface area contributed by atoms with E-state index in [1.54, 1.807) is 0 Å². The standard InChI is InChI=1S/C15H25N3/c1-3-17-15-8-4-7-14(15)12-18(2)11-13-6-5-9-16-10-13/h5-6,9-10,14-15,17H,3-4,7-8,11-12H2,1-2H3. The summed E-state index contributed by atoms with van der Waals surface area (Å²) in [6.45, 7) is 5.48. The number of rotatable bonds is 6. The van der Waals surface area contributed by atoms with Crippen molar-refractivity contribution in [3.05, 3.63) is 30.1 Å². The molecule has 1 aliphatic rings. The van der Waals surface area contributed by atoms with Crippen molar-refractivity contribution >= 4 is 0 Å². The molecule has 0 bridgehead atoms. The molecule has 0 aliphatic heterocycles. The molecule has 0 saturated heterocycles. The summed E-state index contributed by atoms with van der Waals surface area (Å²) in [5.74, 6) is 0.812. The van der Waals surface area contributed by atoms with Gasteiger partial charge in [0.1, 0.15) is 0 Å². The van der Waals surface area contributed by atoms with Crippen molar-refractivity contribution in [3.8, 4) is 0 Å². The summed E-state index contributed by atoms with van der Waals surface area (Å²) in [5.41, 5.74) is 1.30. The molecule has 0 aromatic carbocycles. The number of nitrogens with one attached hydrogen (secondary N) is 1. The average Bonchev–Trinajstić information content (AvgIpc) is 2.78. The maximum Gasteiger partial charge on any atom is 0.0312 e. The van der Waals surface area contributed by atoms with Crippen molar-refractivity contribution in [1.82, 2.24) is 15.2 Å². The fraction of sp³-hybridized carbons (Fsp3) is 0.667. The Labute approximate surface area is 111 Å². The summed E-state index contributed by atoms with van der Waals surface area (Å²) < 4.78 is 0. The van der Waals surface area contributed by atoms with Crippen LogP contribution in [0.15, 0.2) is 24.5 Å². The number of nitrogens with zero attached hydrogens (tertiary/aromatic N) is 2. The molecule has 1 fully saturated rings. The lowest BCUT2D eigenvalue weighted by Crippen LogP contribution is -2.38. The van der Waals surface area contributed by atoms with Gasteiger partial charge in [-0.15, -0.1) is 0 Å². The van der Waals surface area contributed by atoms with Crippen LogP contribution in [-0.2, 0) is 6.54 Å². The van der Waals surface area contributed by atoms with Crippen LogP contribution in [0.5, 0.6) is 0 Å². The zero-order valence-corrected chi connectivity index (χ0v) is 11.6. The van der Waals surface area contributed by atoms with Gasteiger partial charge in [-0.2, -0.15) is 0 Å². The molecular formula is C15H25N3. The fourth-order valence-corrected chi connectivity index (χ4v) is 3.05. The van der Waals surface area contributed by atoms with Gasteiger partial charge in [0.2, 0.25) is 0 Å². The highest BCUT2D eigenvalue weighted by atomic mass is 15.1. The first-order valence-corrected chi connectivity index (χ1v) is 7.10. The van der Waals surface area contributed by atoms with Crippen LogP contribution >= 0.6 is 0 Å². The van der Waals surface area contributed by atoms with E-state index in [4.69, 9.17) is 0 Å². The minimum absolute atomic E-state index is 0.728. The normalized spacial score (nSPS) is 23.7. The minimum atomic E-state index is 0.728. The van der Waals surface area contributed by atoms with E-state index in [0.29, 0.717) is 0 Å². The van der Waals surface area contributed by atoms with Crippen LogP contribution in [0.1, 0.15) is 31.7 Å². The third-order valence-electron chi connectivity index (χ3n) is 3.85. The van der Waals surface area contributed by atoms with Crippen molar-refractivity contribution in [2.24, 2.45) is 5.92 Å². The molecule has 1 saturated carbocycles. The first kappa shape index (κ1) is 13.5. The lowest BCUT2D eigenvalue weighted by molar-refractivity contribution is 0.246. The number of hydrogen-bond acceptors (Lipinski definition) is 3. The Hall–Kier alpha value is -0.930. The smallest absolute Gasteiger partial charge is 0.0312 e. The SMILES string of the molecule is CCNC1CCCC1CN(C)Cc1cccnc1. The topological polar surface area (TPSA) is 28.2 Å². The first-order valence-electron chi connectivity index (χ1n) is 7.10. The molecule has 1 aromatic heterocycles. The van der Waals surface area contributed by atoms with Crippen LogP contribution in [0.2, 0.25) is 0 Å². The van der Waals surface area contributed by atoms with Gasteiger partial charge in [-0.1, -0.05) is 19.4 Å². The van der Waals surface area contributed by atoms with E-state index in [9.17, 15) is 0 Å². The summed E-state index contributed by atoms with van der Waals surface area (Å²) in [5, 5.41) is 3.62. The van der Waals surface area contributed by atoms with Gasteiger partial charge < -0.3 is 10.2 Å². The number of hydrogen-bond donors (Lipinski definition) is 1. The Morgan fingerprint density at radius 2 is 2.33 bits per heavy atom. The quantitative estimate of drug-likeness (QED) is 0.836. The van der Waals surface area contributed by atoms with Crippen LogP contribution in [0, 0.1) is 5.92 Å². The molecule has 0 spiro atoms. The highest BCUT2D eigenvalue weighted by molar-refractivity contribution is 5.08. The molecule has 2 unspecified atom stereocenters. The maximum atomic E-state index is 4.17. The van der Waals surface area contributed by atoms with E-state index in [0.717, 1.165) is 25.0 Å². The summed E-state index contributed by atoms with van der Waals surface area (Å²) in [6.07, 6.45) is 7.89. The molecule has 3 nitrogen and oxygen atoms in total. The molecule has 18 heavy (non-hydrogen) atoms. The average molecular weight is 247 g/mol. The molecule has 1 heterocycles. The zero-order chi connectivity index (χ0) is 12.8. The molecular weight excluding hydrogens is 222 g/mol. The summed E-state index contributed by atoms with van der Waals surface area (Å²) in [4.78, 5) is 6.60. The fourth-order valence-electron chi connectivity index (χ4n) is 3.05. The maximum absolute atomic E-state index is 4.17. The third-order valence-corrected chi connectivity index (χ3v) is 3.85. The van der Waals surface area contributed by atoms with Gasteiger partial charge in [0.05, 0.1) is 0 Å². The lowest BCUT2D eigenvalue weighted by Gasteiger charge is -2.26. The molecule has 3 heteroatoms. The van der Waals surface area contributed by atoms with Crippen molar-refractivity contribution in [1.29, 1.82) is 0 Å². The predicted molar refractivity (Wildman–Crippen MR) is 75.4 cm³/mol. The van der Waals surface area contributed by atoms with Gasteiger partial charge >= 0.3 is 0 Å². The minimum Gasteiger partial charge on any atom is -0.314 e. The van der Waals surface area contributed by atoms with Crippen LogP contribution in [0.4, 0.5) is 0 Å². The molecule has 100 valence electrons. The zero-order valence-electron chi connectivity index (χ0n) is 11.6. The molecule has 2 rings (SSSR count). The highest BCUT2D eigenvalue weighted by Crippen LogP contribution is 2.26. The van der Waals surface area contributed by atoms with Gasteiger partial charge in [-0.25, -0.2) is 0 Å². The van der Waals surface area contributed by atoms with Gasteiger partial charge in [0, 0.05) is 31.5 Å². The van der Waals surface area contributed by atoms with Gasteiger partial charge in [-0.05, 0) is 44.0 Å². The van der Waals surface area contributed by atoms with Crippen molar-refractivity contribution in [2.45, 2.75) is 38.8 Å². The van der Waals surface area contributed by atoms with E-state index >= 15 is 0 Å². The molecule has 1 N–H and O–H groups in total. The first-order chi connectivity index (χ1) is 8.79. The van der Waals surface area contributed by atoms with Gasteiger partial charge in [-0.3, -0.25) is 4.98 Å². The second-order valence-electron chi connectivity index (χ2n) is 5.41. The second kappa shape index (κ2) is 6.86. The van der Waals surface area contributed by atoms with Crippen molar-refractivity contribution in [3.63, 3.8) is 0 Å². The van der Waals surface area contributed by atoms with Crippen LogP contribution < -0.4 is 5.32 Å². The van der Waals surface area contributed by atoms with Crippen LogP contribution in [-0.4, -0.2) is 36.1 Å². The van der Waals surface area contributed by atoms with Gasteiger partial charge in [0.15, 0.2) is 0 Å². The molecule has 1 aromatic rings. The Morgan fingerprint density at radius 3 is 3.06 bits per heavy atom. The van der Waals surface area contributed by atoms with E-state index in [2.05, 4.69) is 35.2 Å². The van der Waals surface area contributed by atoms with Crippen LogP contribution in [0.3, 0.4) is 0 Å². The predicted octanol–water partition coefficient (Wildman–Crippen LogP) is 2.29.